The summed E-state index contributed by atoms with van der Waals surface area (Å²) in [5.74, 6) is -1.19. The van der Waals surface area contributed by atoms with Crippen molar-refractivity contribution in [1.29, 1.82) is 0 Å². The number of hydrogen-bond donors (Lipinski definition) is 2. The number of nitrogens with one attached hydrogen (secondary N) is 1. The highest BCUT2D eigenvalue weighted by Crippen LogP contribution is 2.32. The lowest BCUT2D eigenvalue weighted by molar-refractivity contribution is -0.170. The van der Waals surface area contributed by atoms with Crippen LogP contribution in [-0.2, 0) is 29.4 Å². The summed E-state index contributed by atoms with van der Waals surface area (Å²) >= 11 is 0. The average Bonchev–Trinajstić information content (AvgIpc) is 3.45. The summed E-state index contributed by atoms with van der Waals surface area (Å²) in [6.07, 6.45) is 0.321. The highest BCUT2D eigenvalue weighted by Gasteiger charge is 2.43. The second-order valence-electron chi connectivity index (χ2n) is 9.07. The van der Waals surface area contributed by atoms with Gasteiger partial charge in [-0.25, -0.2) is 9.59 Å². The molecule has 0 spiro atoms. The van der Waals surface area contributed by atoms with Crippen molar-refractivity contribution in [3.05, 3.63) is 71.8 Å². The van der Waals surface area contributed by atoms with Gasteiger partial charge in [-0.1, -0.05) is 60.7 Å². The van der Waals surface area contributed by atoms with E-state index in [-0.39, 0.29) is 6.04 Å². The van der Waals surface area contributed by atoms with Crippen LogP contribution in [0.25, 0.3) is 0 Å². The van der Waals surface area contributed by atoms with Crippen LogP contribution in [-0.4, -0.2) is 66.1 Å². The smallest absolute Gasteiger partial charge is 0.412 e. The van der Waals surface area contributed by atoms with Gasteiger partial charge in [0.1, 0.15) is 12.1 Å². The van der Waals surface area contributed by atoms with Crippen molar-refractivity contribution in [2.24, 2.45) is 0 Å². The van der Waals surface area contributed by atoms with Crippen LogP contribution in [0.1, 0.15) is 43.7 Å². The Hall–Kier alpha value is -3.43. The minimum absolute atomic E-state index is 0.302. The number of likely N-dealkylation sites (tertiary alicyclic amines) is 1. The van der Waals surface area contributed by atoms with Crippen LogP contribution < -0.4 is 5.32 Å². The molecule has 0 aliphatic carbocycles. The van der Waals surface area contributed by atoms with Crippen LogP contribution in [0.4, 0.5) is 4.79 Å². The van der Waals surface area contributed by atoms with E-state index >= 15 is 0 Å². The van der Waals surface area contributed by atoms with E-state index in [0.717, 1.165) is 13.0 Å². The molecular weight excluding hydrogens is 464 g/mol. The molecule has 2 aromatic rings. The molecule has 2 aromatic carbocycles. The lowest BCUT2D eigenvalue weighted by atomic mass is 9.86. The maximum absolute atomic E-state index is 13.3. The van der Waals surface area contributed by atoms with Gasteiger partial charge in [-0.15, -0.1) is 0 Å². The summed E-state index contributed by atoms with van der Waals surface area (Å²) in [4.78, 5) is 39.4. The molecule has 36 heavy (non-hydrogen) atoms. The maximum atomic E-state index is 13.3. The average molecular weight is 497 g/mol. The van der Waals surface area contributed by atoms with Gasteiger partial charge in [-0.3, -0.25) is 4.79 Å². The summed E-state index contributed by atoms with van der Waals surface area (Å²) in [5.41, 5.74) is -1.12. The predicted molar refractivity (Wildman–Crippen MR) is 130 cm³/mol. The SMILES string of the molecule is CC(OC(=O)[C@@H]1CCCN1)OC(=O)N1CCC(OC(=O)C(O)(c2ccccc2)c2ccccc2)CC1. The predicted octanol–water partition coefficient (Wildman–Crippen LogP) is 2.71. The maximum Gasteiger partial charge on any atom is 0.412 e. The van der Waals surface area contributed by atoms with Gasteiger partial charge in [0.2, 0.25) is 11.9 Å². The standard InChI is InChI=1S/C27H32N2O7/c1-19(34-24(30)23-13-8-16-28-23)35-26(32)29-17-14-22(15-18-29)36-25(31)27(33,20-9-4-2-5-10-20)21-11-6-3-7-12-21/h2-7,9-12,19,22-23,28,33H,8,13-18H2,1H3/t19?,23-/m0/s1. The molecule has 192 valence electrons. The first kappa shape index (κ1) is 25.7. The van der Waals surface area contributed by atoms with Crippen molar-refractivity contribution in [3.63, 3.8) is 0 Å². The Balaban J connectivity index is 1.31. The second-order valence-corrected chi connectivity index (χ2v) is 9.07. The highest BCUT2D eigenvalue weighted by molar-refractivity contribution is 5.85. The zero-order valence-corrected chi connectivity index (χ0v) is 20.3. The molecule has 2 atom stereocenters. The van der Waals surface area contributed by atoms with Gasteiger partial charge in [0.05, 0.1) is 0 Å². The molecule has 0 saturated carbocycles. The Morgan fingerprint density at radius 2 is 1.53 bits per heavy atom. The van der Waals surface area contributed by atoms with E-state index in [2.05, 4.69) is 5.32 Å². The molecule has 2 saturated heterocycles. The van der Waals surface area contributed by atoms with E-state index in [1.54, 1.807) is 48.5 Å². The van der Waals surface area contributed by atoms with Gasteiger partial charge in [-0.05, 0) is 30.5 Å². The van der Waals surface area contributed by atoms with Crippen LogP contribution >= 0.6 is 0 Å². The van der Waals surface area contributed by atoms with Crippen molar-refractivity contribution >= 4 is 18.0 Å². The minimum atomic E-state index is -1.95. The van der Waals surface area contributed by atoms with Crippen LogP contribution in [0, 0.1) is 0 Å². The highest BCUT2D eigenvalue weighted by atomic mass is 16.7. The first-order valence-corrected chi connectivity index (χ1v) is 12.3. The Kier molecular flexibility index (Phi) is 8.22. The van der Waals surface area contributed by atoms with Crippen LogP contribution in [0.5, 0.6) is 0 Å². The number of carbonyl (C=O) groups excluding carboxylic acids is 3. The third-order valence-corrected chi connectivity index (χ3v) is 6.55. The first-order chi connectivity index (χ1) is 17.4. The molecular formula is C27H32N2O7. The Labute approximate surface area is 210 Å². The number of piperidine rings is 1. The van der Waals surface area contributed by atoms with Gasteiger partial charge in [0, 0.05) is 32.9 Å². The Morgan fingerprint density at radius 1 is 0.944 bits per heavy atom. The molecule has 1 amide bonds. The summed E-state index contributed by atoms with van der Waals surface area (Å²) in [6.45, 7) is 2.88. The largest absolute Gasteiger partial charge is 0.460 e. The van der Waals surface area contributed by atoms with Gasteiger partial charge in [0.25, 0.3) is 0 Å². The monoisotopic (exact) mass is 496 g/mol. The lowest BCUT2D eigenvalue weighted by Crippen LogP contribution is -2.46. The number of benzene rings is 2. The quantitative estimate of drug-likeness (QED) is 0.444. The van der Waals surface area contributed by atoms with Crippen LogP contribution in [0.15, 0.2) is 60.7 Å². The summed E-state index contributed by atoms with van der Waals surface area (Å²) in [5, 5.41) is 14.6. The molecule has 1 unspecified atom stereocenters. The second kappa shape index (κ2) is 11.5. The lowest BCUT2D eigenvalue weighted by Gasteiger charge is -2.34. The number of esters is 2. The number of nitrogens with zero attached hydrogens (tertiary/aromatic N) is 1. The molecule has 0 radical (unpaired) electrons. The van der Waals surface area contributed by atoms with E-state index < -0.39 is 36.0 Å². The van der Waals surface area contributed by atoms with Crippen molar-refractivity contribution in [1.82, 2.24) is 10.2 Å². The number of amides is 1. The summed E-state index contributed by atoms with van der Waals surface area (Å²) in [7, 11) is 0. The van der Waals surface area contributed by atoms with Gasteiger partial charge >= 0.3 is 18.0 Å². The summed E-state index contributed by atoms with van der Waals surface area (Å²) < 4.78 is 16.2. The van der Waals surface area contributed by atoms with Gasteiger partial charge < -0.3 is 29.5 Å². The topological polar surface area (TPSA) is 114 Å². The first-order valence-electron chi connectivity index (χ1n) is 12.3. The fourth-order valence-corrected chi connectivity index (χ4v) is 4.53. The molecule has 0 aromatic heterocycles. The molecule has 2 aliphatic heterocycles. The Bertz CT molecular complexity index is 993. The molecule has 2 fully saturated rings. The molecule has 9 nitrogen and oxygen atoms in total. The zero-order valence-electron chi connectivity index (χ0n) is 20.3. The molecule has 9 heteroatoms. The zero-order chi connectivity index (χ0) is 25.5. The third-order valence-electron chi connectivity index (χ3n) is 6.55. The van der Waals surface area contributed by atoms with Gasteiger partial charge in [-0.2, -0.15) is 0 Å². The van der Waals surface area contributed by atoms with Gasteiger partial charge in [0.15, 0.2) is 0 Å². The van der Waals surface area contributed by atoms with E-state index in [4.69, 9.17) is 14.2 Å². The molecule has 4 rings (SSSR count). The number of carbonyl (C=O) groups is 3. The van der Waals surface area contributed by atoms with Crippen LogP contribution in [0.3, 0.4) is 0 Å². The van der Waals surface area contributed by atoms with E-state index in [0.29, 0.717) is 43.5 Å². The molecule has 0 bridgehead atoms. The normalized spacial score (nSPS) is 19.4. The molecule has 2 N–H and O–H groups in total. The van der Waals surface area contributed by atoms with Crippen molar-refractivity contribution in [3.8, 4) is 0 Å². The number of rotatable bonds is 7. The van der Waals surface area contributed by atoms with Crippen molar-refractivity contribution < 1.29 is 33.7 Å². The molecule has 2 aliphatic rings. The number of hydrogen-bond acceptors (Lipinski definition) is 8. The fraction of sp³-hybridized carbons (Fsp3) is 0.444. The fourth-order valence-electron chi connectivity index (χ4n) is 4.53. The van der Waals surface area contributed by atoms with Crippen LogP contribution in [0.2, 0.25) is 0 Å². The number of aliphatic hydroxyl groups is 1. The third kappa shape index (κ3) is 5.85. The summed E-state index contributed by atoms with van der Waals surface area (Å²) in [6, 6.07) is 17.0. The van der Waals surface area contributed by atoms with Crippen molar-refractivity contribution in [2.45, 2.75) is 56.6 Å². The number of ether oxygens (including phenoxy) is 3. The van der Waals surface area contributed by atoms with E-state index in [1.807, 2.05) is 12.1 Å². The Morgan fingerprint density at radius 3 is 2.06 bits per heavy atom. The molecule has 2 heterocycles. The van der Waals surface area contributed by atoms with Crippen molar-refractivity contribution in [2.75, 3.05) is 19.6 Å². The van der Waals surface area contributed by atoms with E-state index in [9.17, 15) is 19.5 Å². The minimum Gasteiger partial charge on any atom is -0.460 e. The van der Waals surface area contributed by atoms with E-state index in [1.165, 1.54) is 11.8 Å².